The monoisotopic (exact) mass is 563 g/mol. The molecule has 4 aromatic rings. The second kappa shape index (κ2) is 10.4. The molecule has 200 valence electrons. The van der Waals surface area contributed by atoms with Gasteiger partial charge in [0, 0.05) is 24.3 Å². The average molecular weight is 563 g/mol. The molecule has 12 nitrogen and oxygen atoms in total. The van der Waals surface area contributed by atoms with Gasteiger partial charge in [-0.25, -0.2) is 4.52 Å². The van der Waals surface area contributed by atoms with Crippen molar-refractivity contribution in [3.63, 3.8) is 0 Å². The maximum absolute atomic E-state index is 12.4. The summed E-state index contributed by atoms with van der Waals surface area (Å²) in [6.07, 6.45) is 3.73. The zero-order valence-corrected chi connectivity index (χ0v) is 23.4. The number of hydrogen-bond acceptors (Lipinski definition) is 9. The van der Waals surface area contributed by atoms with Crippen molar-refractivity contribution in [3.05, 3.63) is 48.3 Å². The SMILES string of the molecule is CNC(=O)c1nnc(NC(=O)C2CC2)cc1Nc1nc2ccc(N3CC(Oc4ccc(P)cc4P)C3)cn2n1. The molecule has 2 atom stereocenters. The maximum atomic E-state index is 12.4. The van der Waals surface area contributed by atoms with Crippen molar-refractivity contribution in [3.8, 4) is 5.75 Å². The van der Waals surface area contributed by atoms with Crippen LogP contribution >= 0.6 is 18.5 Å². The van der Waals surface area contributed by atoms with E-state index in [1.165, 1.54) is 7.05 Å². The third kappa shape index (κ3) is 5.48. The zero-order valence-electron chi connectivity index (χ0n) is 21.1. The van der Waals surface area contributed by atoms with Crippen LogP contribution in [0, 0.1) is 5.92 Å². The molecule has 14 heteroatoms. The van der Waals surface area contributed by atoms with E-state index in [2.05, 4.69) is 65.7 Å². The van der Waals surface area contributed by atoms with Gasteiger partial charge < -0.3 is 25.6 Å². The summed E-state index contributed by atoms with van der Waals surface area (Å²) in [6.45, 7) is 1.51. The van der Waals surface area contributed by atoms with Crippen LogP contribution in [0.3, 0.4) is 0 Å². The van der Waals surface area contributed by atoms with Crippen molar-refractivity contribution < 1.29 is 14.3 Å². The first kappa shape index (κ1) is 25.4. The zero-order chi connectivity index (χ0) is 27.1. The minimum atomic E-state index is -0.427. The predicted octanol–water partition coefficient (Wildman–Crippen LogP) is 1.24. The van der Waals surface area contributed by atoms with Crippen LogP contribution in [-0.4, -0.2) is 62.9 Å². The first-order valence-corrected chi connectivity index (χ1v) is 13.6. The standard InChI is InChI=1S/C25H27N9O3P2/c1-26-24(36)22-17(9-20(30-31-22)28-23(35)13-2-3-13)27-25-29-21-7-4-14(10-34(21)32-25)33-11-15(12-33)37-18-6-5-16(38)8-19(18)39/h4-10,13,15H,2-3,11-12,38-39H2,1H3,(H,26,36)(H2,27,28,30,32,35). The van der Waals surface area contributed by atoms with Crippen molar-refractivity contribution in [1.82, 2.24) is 30.1 Å². The molecule has 1 aromatic carbocycles. The first-order valence-electron chi connectivity index (χ1n) is 12.5. The third-order valence-electron chi connectivity index (χ3n) is 6.54. The predicted molar refractivity (Wildman–Crippen MR) is 155 cm³/mol. The number of aromatic nitrogens is 5. The molecule has 3 aromatic heterocycles. The average Bonchev–Trinajstić information content (AvgIpc) is 3.67. The highest BCUT2D eigenvalue weighted by atomic mass is 31.0. The topological polar surface area (TPSA) is 139 Å². The summed E-state index contributed by atoms with van der Waals surface area (Å²) in [5.74, 6) is 0.876. The first-order chi connectivity index (χ1) is 18.9. The third-order valence-corrected chi connectivity index (χ3v) is 7.35. The van der Waals surface area contributed by atoms with E-state index in [0.717, 1.165) is 48.0 Å². The molecule has 2 unspecified atom stereocenters. The van der Waals surface area contributed by atoms with Crippen LogP contribution in [-0.2, 0) is 4.79 Å². The Balaban J connectivity index is 1.16. The summed E-state index contributed by atoms with van der Waals surface area (Å²) in [4.78, 5) is 31.3. The number of pyridine rings is 1. The number of carbonyl (C=O) groups excluding carboxylic acids is 2. The van der Waals surface area contributed by atoms with Crippen LogP contribution in [0.2, 0.25) is 0 Å². The number of amides is 2. The summed E-state index contributed by atoms with van der Waals surface area (Å²) >= 11 is 0. The molecule has 0 radical (unpaired) electrons. The van der Waals surface area contributed by atoms with Crippen molar-refractivity contribution in [2.24, 2.45) is 5.92 Å². The van der Waals surface area contributed by atoms with Crippen molar-refractivity contribution in [1.29, 1.82) is 0 Å². The van der Waals surface area contributed by atoms with E-state index in [0.29, 0.717) is 11.3 Å². The van der Waals surface area contributed by atoms with E-state index < -0.39 is 5.91 Å². The minimum Gasteiger partial charge on any atom is -0.486 e. The van der Waals surface area contributed by atoms with E-state index in [9.17, 15) is 9.59 Å². The number of hydrogen-bond donors (Lipinski definition) is 3. The lowest BCUT2D eigenvalue weighted by atomic mass is 10.1. The van der Waals surface area contributed by atoms with E-state index >= 15 is 0 Å². The number of ether oxygens (including phenoxy) is 1. The lowest BCUT2D eigenvalue weighted by Crippen LogP contribution is -2.54. The maximum Gasteiger partial charge on any atom is 0.273 e. The Hall–Kier alpha value is -3.88. The smallest absolute Gasteiger partial charge is 0.273 e. The van der Waals surface area contributed by atoms with Crippen LogP contribution < -0.4 is 36.2 Å². The Labute approximate surface area is 228 Å². The molecule has 2 aliphatic rings. The van der Waals surface area contributed by atoms with Crippen molar-refractivity contribution in [2.75, 3.05) is 35.7 Å². The van der Waals surface area contributed by atoms with Gasteiger partial charge in [0.2, 0.25) is 11.9 Å². The number of fused-ring (bicyclic) bond motifs is 1. The number of anilines is 4. The summed E-state index contributed by atoms with van der Waals surface area (Å²) in [6, 6.07) is 11.5. The van der Waals surface area contributed by atoms with Gasteiger partial charge in [-0.05, 0) is 42.4 Å². The van der Waals surface area contributed by atoms with Gasteiger partial charge in [0.15, 0.2) is 17.2 Å². The molecule has 3 N–H and O–H groups in total. The van der Waals surface area contributed by atoms with Crippen LogP contribution in [0.15, 0.2) is 42.6 Å². The Morgan fingerprint density at radius 2 is 1.90 bits per heavy atom. The molecule has 1 saturated carbocycles. The molecule has 2 amide bonds. The van der Waals surface area contributed by atoms with Gasteiger partial charge in [-0.15, -0.1) is 33.8 Å². The van der Waals surface area contributed by atoms with Gasteiger partial charge in [-0.2, -0.15) is 4.98 Å². The molecule has 39 heavy (non-hydrogen) atoms. The Morgan fingerprint density at radius 3 is 2.64 bits per heavy atom. The molecule has 1 saturated heterocycles. The molecule has 4 heterocycles. The molecular formula is C25H27N9O3P2. The highest BCUT2D eigenvalue weighted by Crippen LogP contribution is 2.30. The number of nitrogens with one attached hydrogen (secondary N) is 3. The van der Waals surface area contributed by atoms with Gasteiger partial charge in [-0.3, -0.25) is 9.59 Å². The van der Waals surface area contributed by atoms with E-state index in [1.807, 2.05) is 30.5 Å². The van der Waals surface area contributed by atoms with Crippen LogP contribution in [0.4, 0.5) is 23.1 Å². The van der Waals surface area contributed by atoms with Crippen molar-refractivity contribution >= 4 is 69.7 Å². The number of benzene rings is 1. The molecule has 6 rings (SSSR count). The lowest BCUT2D eigenvalue weighted by Gasteiger charge is -2.40. The van der Waals surface area contributed by atoms with Gasteiger partial charge in [0.1, 0.15) is 11.9 Å². The number of carbonyl (C=O) groups is 2. The van der Waals surface area contributed by atoms with E-state index in [1.54, 1.807) is 10.6 Å². The van der Waals surface area contributed by atoms with Crippen molar-refractivity contribution in [2.45, 2.75) is 18.9 Å². The molecule has 0 spiro atoms. The van der Waals surface area contributed by atoms with Gasteiger partial charge in [0.05, 0.1) is 30.7 Å². The van der Waals surface area contributed by atoms with Crippen LogP contribution in [0.1, 0.15) is 23.3 Å². The summed E-state index contributed by atoms with van der Waals surface area (Å²) in [7, 11) is 6.91. The molecular weight excluding hydrogens is 536 g/mol. The molecule has 0 bridgehead atoms. The minimum absolute atomic E-state index is 0.00860. The molecule has 1 aliphatic carbocycles. The fourth-order valence-electron chi connectivity index (χ4n) is 4.22. The van der Waals surface area contributed by atoms with Gasteiger partial charge in [-0.1, -0.05) is 6.07 Å². The summed E-state index contributed by atoms with van der Waals surface area (Å²) in [5, 5.41) is 23.0. The Morgan fingerprint density at radius 1 is 1.08 bits per heavy atom. The van der Waals surface area contributed by atoms with Crippen LogP contribution in [0.25, 0.3) is 5.65 Å². The largest absolute Gasteiger partial charge is 0.486 e. The fourth-order valence-corrected chi connectivity index (χ4v) is 5.04. The fraction of sp³-hybridized carbons (Fsp3) is 0.280. The van der Waals surface area contributed by atoms with Gasteiger partial charge in [0.25, 0.3) is 5.91 Å². The van der Waals surface area contributed by atoms with E-state index in [-0.39, 0.29) is 35.4 Å². The highest BCUT2D eigenvalue weighted by Gasteiger charge is 2.31. The lowest BCUT2D eigenvalue weighted by molar-refractivity contribution is -0.117. The van der Waals surface area contributed by atoms with E-state index in [4.69, 9.17) is 4.74 Å². The quantitative estimate of drug-likeness (QED) is 0.270. The number of nitrogens with zero attached hydrogens (tertiary/aromatic N) is 6. The highest BCUT2D eigenvalue weighted by molar-refractivity contribution is 7.29. The Kier molecular flexibility index (Phi) is 6.74. The second-order valence-electron chi connectivity index (χ2n) is 9.53. The van der Waals surface area contributed by atoms with Gasteiger partial charge >= 0.3 is 0 Å². The Bertz CT molecular complexity index is 1580. The summed E-state index contributed by atoms with van der Waals surface area (Å²) in [5.41, 5.74) is 2.02. The molecule has 2 fully saturated rings. The molecule has 1 aliphatic heterocycles. The van der Waals surface area contributed by atoms with Crippen LogP contribution in [0.5, 0.6) is 5.75 Å². The second-order valence-corrected chi connectivity index (χ2v) is 10.8. The number of rotatable bonds is 8. The normalized spacial score (nSPS) is 15.1. The summed E-state index contributed by atoms with van der Waals surface area (Å²) < 4.78 is 7.82.